The van der Waals surface area contributed by atoms with Crippen molar-refractivity contribution >= 4 is 28.0 Å². The van der Waals surface area contributed by atoms with Crippen LogP contribution in [0.15, 0.2) is 67.0 Å². The lowest BCUT2D eigenvalue weighted by atomic mass is 10.1. The van der Waals surface area contributed by atoms with Crippen LogP contribution in [0, 0.1) is 0 Å². The first kappa shape index (κ1) is 11.9. The molecule has 0 bridgehead atoms. The van der Waals surface area contributed by atoms with Gasteiger partial charge in [-0.1, -0.05) is 42.5 Å². The molecular formula is C18H11NO2. The molecule has 1 aliphatic carbocycles. The van der Waals surface area contributed by atoms with Crippen LogP contribution in [-0.4, -0.2) is 5.78 Å². The normalized spacial score (nSPS) is 13.8. The van der Waals surface area contributed by atoms with Crippen molar-refractivity contribution in [3.05, 3.63) is 78.1 Å². The van der Waals surface area contributed by atoms with Crippen molar-refractivity contribution in [1.29, 1.82) is 0 Å². The molecule has 1 aliphatic rings. The molecule has 2 aromatic carbocycles. The van der Waals surface area contributed by atoms with Crippen LogP contribution in [-0.2, 0) is 0 Å². The van der Waals surface area contributed by atoms with Gasteiger partial charge in [-0.15, -0.1) is 0 Å². The number of hydrogen-bond donors (Lipinski definition) is 0. The third-order valence-electron chi connectivity index (χ3n) is 3.79. The molecule has 4 rings (SSSR count). The molecule has 0 saturated heterocycles. The summed E-state index contributed by atoms with van der Waals surface area (Å²) < 4.78 is 1.63. The molecule has 0 spiro atoms. The highest BCUT2D eigenvalue weighted by molar-refractivity contribution is 6.32. The predicted octanol–water partition coefficient (Wildman–Crippen LogP) is 2.01. The molecule has 0 fully saturated rings. The molecule has 0 N–H and O–H groups in total. The molecule has 0 radical (unpaired) electrons. The molecule has 3 heteroatoms. The van der Waals surface area contributed by atoms with Crippen LogP contribution in [0.5, 0.6) is 0 Å². The number of hydrogen-bond acceptors (Lipinski definition) is 2. The first-order valence-electron chi connectivity index (χ1n) is 6.71. The zero-order valence-electron chi connectivity index (χ0n) is 11.1. The largest absolute Gasteiger partial charge is 0.867 e. The van der Waals surface area contributed by atoms with Crippen molar-refractivity contribution in [2.75, 3.05) is 0 Å². The molecule has 1 heterocycles. The molecule has 0 unspecified atom stereocenters. The molecule has 0 atom stereocenters. The van der Waals surface area contributed by atoms with E-state index in [4.69, 9.17) is 0 Å². The van der Waals surface area contributed by atoms with Crippen LogP contribution in [0.4, 0.5) is 0 Å². The van der Waals surface area contributed by atoms with E-state index in [0.717, 1.165) is 10.8 Å². The number of ketones is 1. The van der Waals surface area contributed by atoms with Crippen molar-refractivity contribution in [2.24, 2.45) is 0 Å². The van der Waals surface area contributed by atoms with Gasteiger partial charge in [-0.2, -0.15) is 4.57 Å². The third kappa shape index (κ3) is 1.68. The summed E-state index contributed by atoms with van der Waals surface area (Å²) in [4.78, 5) is 12.5. The van der Waals surface area contributed by atoms with Gasteiger partial charge in [0.25, 0.3) is 11.5 Å². The van der Waals surface area contributed by atoms with Gasteiger partial charge in [0, 0.05) is 17.0 Å². The van der Waals surface area contributed by atoms with E-state index in [2.05, 4.69) is 0 Å². The Kier molecular flexibility index (Phi) is 2.42. The first-order valence-corrected chi connectivity index (χ1v) is 6.71. The molecule has 0 amide bonds. The summed E-state index contributed by atoms with van der Waals surface area (Å²) in [5, 5.41) is 14.5. The van der Waals surface area contributed by atoms with Crippen molar-refractivity contribution in [3.63, 3.8) is 0 Å². The number of benzene rings is 2. The fraction of sp³-hybridized carbons (Fsp3) is 0. The Hall–Kier alpha value is -2.94. The summed E-state index contributed by atoms with van der Waals surface area (Å²) in [5.74, 6) is -0.424. The number of allylic oxidation sites excluding steroid dienone is 1. The lowest BCUT2D eigenvalue weighted by Gasteiger charge is -2.07. The van der Waals surface area contributed by atoms with E-state index in [-0.39, 0.29) is 17.2 Å². The second kappa shape index (κ2) is 4.28. The Morgan fingerprint density at radius 1 is 0.810 bits per heavy atom. The molecule has 3 aromatic rings. The fourth-order valence-electron chi connectivity index (χ4n) is 2.74. The highest BCUT2D eigenvalue weighted by atomic mass is 16.3. The second-order valence-electron chi connectivity index (χ2n) is 5.03. The number of fused-ring (bicyclic) bond motifs is 2. The van der Waals surface area contributed by atoms with Crippen LogP contribution < -0.4 is 9.67 Å². The standard InChI is InChI=1S/C18H11NO2/c20-17-14-7-3-4-8-15(14)18(21)16(17)19-10-9-12-5-1-2-6-13(12)11-19/h1-11H. The number of aromatic nitrogens is 1. The van der Waals surface area contributed by atoms with Gasteiger partial charge in [-0.3, -0.25) is 4.79 Å². The molecule has 0 saturated carbocycles. The summed E-state index contributed by atoms with van der Waals surface area (Å²) in [7, 11) is 0. The van der Waals surface area contributed by atoms with Crippen LogP contribution in [0.25, 0.3) is 22.2 Å². The number of carbonyl (C=O) groups excluding carboxylic acids is 1. The monoisotopic (exact) mass is 273 g/mol. The van der Waals surface area contributed by atoms with Gasteiger partial charge in [0.05, 0.1) is 0 Å². The number of pyridine rings is 1. The Balaban J connectivity index is 1.93. The Morgan fingerprint density at radius 2 is 1.48 bits per heavy atom. The van der Waals surface area contributed by atoms with E-state index in [0.29, 0.717) is 11.1 Å². The van der Waals surface area contributed by atoms with Crippen molar-refractivity contribution in [2.45, 2.75) is 0 Å². The molecule has 0 aliphatic heterocycles. The van der Waals surface area contributed by atoms with E-state index in [9.17, 15) is 9.90 Å². The predicted molar refractivity (Wildman–Crippen MR) is 78.0 cm³/mol. The average Bonchev–Trinajstić information content (AvgIpc) is 2.79. The van der Waals surface area contributed by atoms with Crippen molar-refractivity contribution in [3.8, 4) is 0 Å². The van der Waals surface area contributed by atoms with Crippen LogP contribution in [0.2, 0.25) is 0 Å². The minimum Gasteiger partial charge on any atom is -0.867 e. The number of Topliss-reactive ketones (excluding diaryl/α,β-unsaturated/α-hetero) is 1. The fourth-order valence-corrected chi connectivity index (χ4v) is 2.74. The topological polar surface area (TPSA) is 44.0 Å². The van der Waals surface area contributed by atoms with Crippen molar-refractivity contribution in [1.82, 2.24) is 0 Å². The van der Waals surface area contributed by atoms with Gasteiger partial charge >= 0.3 is 0 Å². The number of rotatable bonds is 1. The molecular weight excluding hydrogens is 262 g/mol. The number of nitrogens with zero attached hydrogens (tertiary/aromatic N) is 1. The summed E-state index contributed by atoms with van der Waals surface area (Å²) in [6, 6.07) is 16.7. The SMILES string of the molecule is O=C1C([n+]2ccc3ccccc3c2)=C([O-])c2ccccc21. The molecule has 1 aromatic heterocycles. The van der Waals surface area contributed by atoms with E-state index in [1.54, 1.807) is 35.0 Å². The van der Waals surface area contributed by atoms with Crippen molar-refractivity contribution < 1.29 is 14.5 Å². The summed E-state index contributed by atoms with van der Waals surface area (Å²) >= 11 is 0. The van der Waals surface area contributed by atoms with Crippen LogP contribution >= 0.6 is 0 Å². The first-order chi connectivity index (χ1) is 10.3. The van der Waals surface area contributed by atoms with Crippen LogP contribution in [0.3, 0.4) is 0 Å². The third-order valence-corrected chi connectivity index (χ3v) is 3.79. The highest BCUT2D eigenvalue weighted by Gasteiger charge is 2.31. The molecule has 21 heavy (non-hydrogen) atoms. The minimum absolute atomic E-state index is 0.196. The number of carbonyl (C=O) groups is 1. The Labute approximate surface area is 121 Å². The van der Waals surface area contributed by atoms with Gasteiger partial charge in [0.2, 0.25) is 0 Å². The van der Waals surface area contributed by atoms with Gasteiger partial charge in [0.1, 0.15) is 0 Å². The zero-order chi connectivity index (χ0) is 14.4. The average molecular weight is 273 g/mol. The molecule has 3 nitrogen and oxygen atoms in total. The molecule has 100 valence electrons. The van der Waals surface area contributed by atoms with E-state index >= 15 is 0 Å². The van der Waals surface area contributed by atoms with E-state index in [1.807, 2.05) is 36.5 Å². The lowest BCUT2D eigenvalue weighted by molar-refractivity contribution is -0.576. The maximum Gasteiger partial charge on any atom is 0.257 e. The minimum atomic E-state index is -0.212. The van der Waals surface area contributed by atoms with E-state index in [1.165, 1.54) is 0 Å². The quantitative estimate of drug-likeness (QED) is 0.637. The summed E-state index contributed by atoms with van der Waals surface area (Å²) in [5.41, 5.74) is 1.17. The maximum atomic E-state index is 12.5. The summed E-state index contributed by atoms with van der Waals surface area (Å²) in [6.45, 7) is 0. The Bertz CT molecular complexity index is 925. The van der Waals surface area contributed by atoms with Crippen LogP contribution in [0.1, 0.15) is 15.9 Å². The summed E-state index contributed by atoms with van der Waals surface area (Å²) in [6.07, 6.45) is 3.59. The van der Waals surface area contributed by atoms with Gasteiger partial charge in [-0.05, 0) is 22.8 Å². The van der Waals surface area contributed by atoms with E-state index < -0.39 is 0 Å². The zero-order valence-corrected chi connectivity index (χ0v) is 11.1. The Morgan fingerprint density at radius 3 is 2.24 bits per heavy atom. The van der Waals surface area contributed by atoms with Gasteiger partial charge < -0.3 is 5.11 Å². The smallest absolute Gasteiger partial charge is 0.257 e. The maximum absolute atomic E-state index is 12.5. The van der Waals surface area contributed by atoms with Gasteiger partial charge in [-0.25, -0.2) is 0 Å². The van der Waals surface area contributed by atoms with Gasteiger partial charge in [0.15, 0.2) is 12.4 Å². The lowest BCUT2D eigenvalue weighted by Crippen LogP contribution is -2.36. The second-order valence-corrected chi connectivity index (χ2v) is 5.03. The highest BCUT2D eigenvalue weighted by Crippen LogP contribution is 2.29.